The molecule has 3 nitrogen and oxygen atoms in total. The normalized spacial score (nSPS) is 11.8. The Kier molecular flexibility index (Phi) is 6.25. The van der Waals surface area contributed by atoms with Gasteiger partial charge in [0.05, 0.1) is 22.2 Å². The van der Waals surface area contributed by atoms with Gasteiger partial charge in [-0.25, -0.2) is 4.98 Å². The molecule has 0 spiro atoms. The Morgan fingerprint density at radius 3 is 1.83 bits per heavy atom. The number of benzene rings is 8. The van der Waals surface area contributed by atoms with Gasteiger partial charge in [0.15, 0.2) is 0 Å². The highest BCUT2D eigenvalue weighted by molar-refractivity contribution is 6.28. The van der Waals surface area contributed by atoms with Crippen LogP contribution in [0.15, 0.2) is 186 Å². The van der Waals surface area contributed by atoms with Crippen molar-refractivity contribution in [2.45, 2.75) is 0 Å². The lowest BCUT2D eigenvalue weighted by Crippen LogP contribution is -1.93. The van der Waals surface area contributed by atoms with Gasteiger partial charge in [-0.1, -0.05) is 121 Å². The fourth-order valence-electron chi connectivity index (χ4n) is 8.19. The summed E-state index contributed by atoms with van der Waals surface area (Å²) in [7, 11) is 0. The zero-order chi connectivity index (χ0) is 34.2. The Morgan fingerprint density at radius 1 is 0.365 bits per heavy atom. The minimum absolute atomic E-state index is 0.878. The predicted octanol–water partition coefficient (Wildman–Crippen LogP) is 13.4. The third-order valence-electron chi connectivity index (χ3n) is 10.6. The minimum atomic E-state index is 0.878. The third-order valence-corrected chi connectivity index (χ3v) is 10.6. The molecular weight excluding hydrogens is 633 g/mol. The van der Waals surface area contributed by atoms with Gasteiger partial charge < -0.3 is 8.98 Å². The van der Waals surface area contributed by atoms with E-state index in [0.29, 0.717) is 0 Å². The average Bonchev–Trinajstić information content (AvgIpc) is 3.76. The summed E-state index contributed by atoms with van der Waals surface area (Å²) >= 11 is 0. The number of rotatable bonds is 4. The van der Waals surface area contributed by atoms with Crippen LogP contribution < -0.4 is 0 Å². The van der Waals surface area contributed by atoms with E-state index in [9.17, 15) is 0 Å². The number of pyridine rings is 1. The van der Waals surface area contributed by atoms with Crippen molar-refractivity contribution in [1.29, 1.82) is 0 Å². The number of hydrogen-bond acceptors (Lipinski definition) is 2. The van der Waals surface area contributed by atoms with Gasteiger partial charge in [0.1, 0.15) is 11.2 Å². The summed E-state index contributed by atoms with van der Waals surface area (Å²) in [5.41, 5.74) is 13.1. The number of para-hydroxylation sites is 3. The molecule has 3 heteroatoms. The maximum Gasteiger partial charge on any atom is 0.136 e. The Morgan fingerprint density at radius 2 is 0.981 bits per heavy atom. The number of fused-ring (bicyclic) bond motifs is 10. The molecular formula is C49H30N2O. The molecule has 0 radical (unpaired) electrons. The molecule has 11 aromatic rings. The van der Waals surface area contributed by atoms with Gasteiger partial charge in [-0.05, 0) is 82.9 Å². The van der Waals surface area contributed by atoms with Gasteiger partial charge in [0.2, 0.25) is 0 Å². The van der Waals surface area contributed by atoms with E-state index >= 15 is 0 Å². The lowest BCUT2D eigenvalue weighted by molar-refractivity contribution is 0.669. The van der Waals surface area contributed by atoms with Crippen molar-refractivity contribution in [2.24, 2.45) is 0 Å². The standard InChI is InChI=1S/C49H30N2O/c1-3-12-31(13-4-1)49-40-25-27-46-48(47(40)39-19-7-9-20-42(39)50-49)41-29-34(23-26-45(41)52-46)32-14-11-15-33(28-32)35-22-24-38-37-18-8-10-21-43(37)51(44(38)30-35)36-16-5-2-6-17-36/h1-30H. The molecule has 0 amide bonds. The minimum Gasteiger partial charge on any atom is -0.456 e. The molecule has 3 aromatic heterocycles. The number of hydrogen-bond donors (Lipinski definition) is 0. The van der Waals surface area contributed by atoms with Crippen LogP contribution in [0.5, 0.6) is 0 Å². The predicted molar refractivity (Wildman–Crippen MR) is 217 cm³/mol. The Balaban J connectivity index is 1.10. The van der Waals surface area contributed by atoms with Gasteiger partial charge >= 0.3 is 0 Å². The molecule has 0 saturated heterocycles. The number of nitrogens with zero attached hydrogens (tertiary/aromatic N) is 2. The summed E-state index contributed by atoms with van der Waals surface area (Å²) in [6, 6.07) is 64.9. The van der Waals surface area contributed by atoms with Gasteiger partial charge in [0.25, 0.3) is 0 Å². The first-order chi connectivity index (χ1) is 25.8. The zero-order valence-electron chi connectivity index (χ0n) is 28.1. The molecule has 3 heterocycles. The quantitative estimate of drug-likeness (QED) is 0.176. The van der Waals surface area contributed by atoms with Crippen LogP contribution in [0.1, 0.15) is 0 Å². The molecule has 0 atom stereocenters. The van der Waals surface area contributed by atoms with E-state index in [1.165, 1.54) is 38.3 Å². The molecule has 8 aromatic carbocycles. The molecule has 11 rings (SSSR count). The van der Waals surface area contributed by atoms with Crippen molar-refractivity contribution in [3.63, 3.8) is 0 Å². The summed E-state index contributed by atoms with van der Waals surface area (Å²) in [6.07, 6.45) is 0. The summed E-state index contributed by atoms with van der Waals surface area (Å²) in [5.74, 6) is 0. The second-order valence-corrected chi connectivity index (χ2v) is 13.5. The van der Waals surface area contributed by atoms with Crippen LogP contribution in [-0.4, -0.2) is 9.55 Å². The first-order valence-corrected chi connectivity index (χ1v) is 17.7. The second-order valence-electron chi connectivity index (χ2n) is 13.5. The maximum absolute atomic E-state index is 6.53. The van der Waals surface area contributed by atoms with E-state index in [1.54, 1.807) is 0 Å². The second kappa shape index (κ2) is 11.3. The van der Waals surface area contributed by atoms with Gasteiger partial charge in [-0.15, -0.1) is 0 Å². The first kappa shape index (κ1) is 28.8. The summed E-state index contributed by atoms with van der Waals surface area (Å²) < 4.78 is 8.91. The number of aromatic nitrogens is 2. The lowest BCUT2D eigenvalue weighted by Gasteiger charge is -2.11. The molecule has 0 aliphatic heterocycles. The van der Waals surface area contributed by atoms with Gasteiger partial charge in [0, 0.05) is 49.0 Å². The molecule has 0 saturated carbocycles. The highest BCUT2D eigenvalue weighted by atomic mass is 16.3. The van der Waals surface area contributed by atoms with E-state index in [1.807, 2.05) is 6.07 Å². The highest BCUT2D eigenvalue weighted by Gasteiger charge is 2.18. The average molecular weight is 663 g/mol. The maximum atomic E-state index is 6.53. The van der Waals surface area contributed by atoms with Crippen molar-refractivity contribution in [1.82, 2.24) is 9.55 Å². The molecule has 52 heavy (non-hydrogen) atoms. The van der Waals surface area contributed by atoms with E-state index in [2.05, 4.69) is 180 Å². The van der Waals surface area contributed by atoms with Gasteiger partial charge in [-0.2, -0.15) is 0 Å². The van der Waals surface area contributed by atoms with E-state index < -0.39 is 0 Å². The van der Waals surface area contributed by atoms with Crippen LogP contribution in [0.4, 0.5) is 0 Å². The topological polar surface area (TPSA) is 31.0 Å². The zero-order valence-corrected chi connectivity index (χ0v) is 28.1. The van der Waals surface area contributed by atoms with Crippen molar-refractivity contribution in [2.75, 3.05) is 0 Å². The molecule has 0 aliphatic rings. The fourth-order valence-corrected chi connectivity index (χ4v) is 8.19. The van der Waals surface area contributed by atoms with Crippen molar-refractivity contribution < 1.29 is 4.42 Å². The fraction of sp³-hybridized carbons (Fsp3) is 0. The molecule has 0 fully saturated rings. The van der Waals surface area contributed by atoms with Crippen molar-refractivity contribution in [3.8, 4) is 39.2 Å². The molecule has 0 bridgehead atoms. The van der Waals surface area contributed by atoms with Crippen LogP contribution in [-0.2, 0) is 0 Å². The van der Waals surface area contributed by atoms with Crippen LogP contribution in [0.3, 0.4) is 0 Å². The van der Waals surface area contributed by atoms with E-state index in [4.69, 9.17) is 9.40 Å². The summed E-state index contributed by atoms with van der Waals surface area (Å²) in [6.45, 7) is 0. The smallest absolute Gasteiger partial charge is 0.136 e. The monoisotopic (exact) mass is 662 g/mol. The van der Waals surface area contributed by atoms with E-state index in [0.717, 1.165) is 66.3 Å². The summed E-state index contributed by atoms with van der Waals surface area (Å²) in [5, 5.41) is 8.16. The molecule has 242 valence electrons. The van der Waals surface area contributed by atoms with Crippen molar-refractivity contribution in [3.05, 3.63) is 182 Å². The largest absolute Gasteiger partial charge is 0.456 e. The van der Waals surface area contributed by atoms with Crippen LogP contribution in [0, 0.1) is 0 Å². The Labute approximate surface area is 299 Å². The molecule has 0 unspecified atom stereocenters. The van der Waals surface area contributed by atoms with Crippen LogP contribution in [0.25, 0.3) is 105 Å². The molecule has 0 N–H and O–H groups in total. The SMILES string of the molecule is c1ccc(-c2nc3ccccc3c3c2ccc2oc4ccc(-c5cccc(-c6ccc7c8ccccc8n(-c8ccccc8)c7c6)c5)cc4c23)cc1. The highest BCUT2D eigenvalue weighted by Crippen LogP contribution is 2.42. The van der Waals surface area contributed by atoms with Gasteiger partial charge in [-0.3, -0.25) is 0 Å². The van der Waals surface area contributed by atoms with Crippen LogP contribution in [0.2, 0.25) is 0 Å². The third kappa shape index (κ3) is 4.36. The van der Waals surface area contributed by atoms with Crippen LogP contribution >= 0.6 is 0 Å². The van der Waals surface area contributed by atoms with Crippen molar-refractivity contribution >= 4 is 65.4 Å². The molecule has 0 aliphatic carbocycles. The Hall–Kier alpha value is -6.97. The Bertz CT molecular complexity index is 3170. The van der Waals surface area contributed by atoms with E-state index in [-0.39, 0.29) is 0 Å². The first-order valence-electron chi connectivity index (χ1n) is 17.7. The summed E-state index contributed by atoms with van der Waals surface area (Å²) in [4.78, 5) is 5.17. The number of furan rings is 1. The lowest BCUT2D eigenvalue weighted by atomic mass is 9.94.